The molecule has 1 aromatic heterocycles. The molecule has 0 unspecified atom stereocenters. The Labute approximate surface area is 155 Å². The van der Waals surface area contributed by atoms with E-state index in [1.807, 2.05) is 10.3 Å². The first kappa shape index (κ1) is 16.7. The van der Waals surface area contributed by atoms with E-state index >= 15 is 0 Å². The van der Waals surface area contributed by atoms with E-state index in [-0.39, 0.29) is 23.8 Å². The van der Waals surface area contributed by atoms with Crippen molar-refractivity contribution < 1.29 is 9.59 Å². The minimum atomic E-state index is -0.175. The van der Waals surface area contributed by atoms with E-state index in [0.29, 0.717) is 30.8 Å². The first-order valence-corrected chi connectivity index (χ1v) is 9.57. The van der Waals surface area contributed by atoms with Crippen LogP contribution >= 0.6 is 11.3 Å². The summed E-state index contributed by atoms with van der Waals surface area (Å²) >= 11 is 1.52. The van der Waals surface area contributed by atoms with Gasteiger partial charge in [-0.15, -0.1) is 11.3 Å². The van der Waals surface area contributed by atoms with Gasteiger partial charge < -0.3 is 9.80 Å². The molecule has 6 nitrogen and oxygen atoms in total. The standard InChI is InChI=1S/C19H18N4O2S/c20-7-13-3-1-2-4-17(13)19(25)22-8-14-5-6-16(10-22)23(18(14)24)9-15-11-26-12-21-15/h1-4,11-12,14,16H,5-6,8-10H2/t14-,16+/m1/s1. The van der Waals surface area contributed by atoms with Gasteiger partial charge in [0.15, 0.2) is 0 Å². The summed E-state index contributed by atoms with van der Waals surface area (Å²) in [5.41, 5.74) is 3.45. The van der Waals surface area contributed by atoms with Gasteiger partial charge in [0.2, 0.25) is 5.91 Å². The number of thiazole rings is 1. The van der Waals surface area contributed by atoms with Crippen LogP contribution in [0, 0.1) is 17.2 Å². The molecule has 0 N–H and O–H groups in total. The Kier molecular flexibility index (Phi) is 4.43. The van der Waals surface area contributed by atoms with Gasteiger partial charge in [-0.1, -0.05) is 12.1 Å². The van der Waals surface area contributed by atoms with Gasteiger partial charge in [-0.3, -0.25) is 9.59 Å². The number of benzene rings is 1. The zero-order valence-electron chi connectivity index (χ0n) is 14.2. The predicted molar refractivity (Wildman–Crippen MR) is 96.2 cm³/mol. The lowest BCUT2D eigenvalue weighted by Crippen LogP contribution is -2.47. The van der Waals surface area contributed by atoms with Crippen molar-refractivity contribution in [2.24, 2.45) is 5.92 Å². The molecule has 26 heavy (non-hydrogen) atoms. The number of carbonyl (C=O) groups is 2. The molecule has 2 aromatic rings. The second-order valence-electron chi connectivity index (χ2n) is 6.74. The fourth-order valence-corrected chi connectivity index (χ4v) is 4.39. The van der Waals surface area contributed by atoms with Crippen LogP contribution in [0.1, 0.15) is 34.5 Å². The van der Waals surface area contributed by atoms with E-state index in [4.69, 9.17) is 0 Å². The number of hydrogen-bond acceptors (Lipinski definition) is 5. The van der Waals surface area contributed by atoms with E-state index in [0.717, 1.165) is 18.5 Å². The molecule has 7 heteroatoms. The van der Waals surface area contributed by atoms with Gasteiger partial charge in [-0.25, -0.2) is 4.98 Å². The average molecular weight is 366 g/mol. The number of piperidine rings is 1. The van der Waals surface area contributed by atoms with Gasteiger partial charge in [-0.05, 0) is 25.0 Å². The molecule has 5 rings (SSSR count). The van der Waals surface area contributed by atoms with Crippen LogP contribution in [0.15, 0.2) is 35.2 Å². The van der Waals surface area contributed by atoms with Crippen LogP contribution in [0.2, 0.25) is 0 Å². The zero-order chi connectivity index (χ0) is 18.1. The van der Waals surface area contributed by atoms with Crippen molar-refractivity contribution in [2.45, 2.75) is 25.4 Å². The van der Waals surface area contributed by atoms with E-state index in [2.05, 4.69) is 11.1 Å². The lowest BCUT2D eigenvalue weighted by Gasteiger charge is -2.35. The molecule has 132 valence electrons. The van der Waals surface area contributed by atoms with Gasteiger partial charge in [0.1, 0.15) is 0 Å². The largest absolute Gasteiger partial charge is 0.336 e. The highest BCUT2D eigenvalue weighted by atomic mass is 32.1. The van der Waals surface area contributed by atoms with Crippen LogP contribution in [0.25, 0.3) is 0 Å². The molecule has 0 radical (unpaired) electrons. The molecule has 3 fully saturated rings. The average Bonchev–Trinajstić information content (AvgIpc) is 3.04. The second-order valence-corrected chi connectivity index (χ2v) is 7.46. The Hall–Kier alpha value is -2.72. The molecule has 2 amide bonds. The molecular formula is C19H18N4O2S. The maximum absolute atomic E-state index is 13.0. The van der Waals surface area contributed by atoms with Gasteiger partial charge in [0.05, 0.1) is 40.9 Å². The molecule has 1 aromatic carbocycles. The van der Waals surface area contributed by atoms with Gasteiger partial charge in [0.25, 0.3) is 5.91 Å². The third-order valence-corrected chi connectivity index (χ3v) is 5.81. The molecule has 0 saturated carbocycles. The number of nitrogens with zero attached hydrogens (tertiary/aromatic N) is 4. The van der Waals surface area contributed by atoms with Crippen LogP contribution in [0.3, 0.4) is 0 Å². The molecule has 2 atom stereocenters. The smallest absolute Gasteiger partial charge is 0.255 e. The highest BCUT2D eigenvalue weighted by molar-refractivity contribution is 7.07. The van der Waals surface area contributed by atoms with Crippen molar-refractivity contribution in [1.29, 1.82) is 5.26 Å². The number of aromatic nitrogens is 1. The third-order valence-electron chi connectivity index (χ3n) is 5.17. The molecule has 3 aliphatic rings. The van der Waals surface area contributed by atoms with E-state index in [1.54, 1.807) is 34.7 Å². The number of hydrogen-bond donors (Lipinski definition) is 0. The van der Waals surface area contributed by atoms with Crippen molar-refractivity contribution in [2.75, 3.05) is 13.1 Å². The van der Waals surface area contributed by atoms with Crippen LogP contribution in [-0.2, 0) is 11.3 Å². The number of amides is 2. The zero-order valence-corrected chi connectivity index (χ0v) is 15.0. The van der Waals surface area contributed by atoms with Crippen LogP contribution in [0.5, 0.6) is 0 Å². The highest BCUT2D eigenvalue weighted by Crippen LogP contribution is 2.31. The maximum Gasteiger partial charge on any atom is 0.255 e. The Morgan fingerprint density at radius 3 is 2.92 bits per heavy atom. The van der Waals surface area contributed by atoms with Gasteiger partial charge in [0, 0.05) is 24.5 Å². The molecule has 2 bridgehead atoms. The summed E-state index contributed by atoms with van der Waals surface area (Å²) in [6, 6.07) is 8.94. The van der Waals surface area contributed by atoms with Gasteiger partial charge >= 0.3 is 0 Å². The molecule has 0 aliphatic carbocycles. The number of fused-ring (bicyclic) bond motifs is 4. The Balaban J connectivity index is 1.59. The van der Waals surface area contributed by atoms with Crippen molar-refractivity contribution in [1.82, 2.24) is 14.8 Å². The first-order chi connectivity index (χ1) is 12.7. The van der Waals surface area contributed by atoms with Crippen LogP contribution in [0.4, 0.5) is 0 Å². The molecule has 4 heterocycles. The second kappa shape index (κ2) is 6.89. The Bertz CT molecular complexity index is 874. The maximum atomic E-state index is 13.0. The fourth-order valence-electron chi connectivity index (χ4n) is 3.84. The lowest BCUT2D eigenvalue weighted by molar-refractivity contribution is -0.140. The van der Waals surface area contributed by atoms with E-state index in [9.17, 15) is 14.9 Å². The fraction of sp³-hybridized carbons (Fsp3) is 0.368. The normalized spacial score (nSPS) is 22.2. The van der Waals surface area contributed by atoms with E-state index in [1.165, 1.54) is 11.3 Å². The summed E-state index contributed by atoms with van der Waals surface area (Å²) in [5.74, 6) is -0.230. The third kappa shape index (κ3) is 2.97. The van der Waals surface area contributed by atoms with Crippen LogP contribution in [-0.4, -0.2) is 45.7 Å². The van der Waals surface area contributed by atoms with Gasteiger partial charge in [-0.2, -0.15) is 5.26 Å². The summed E-state index contributed by atoms with van der Waals surface area (Å²) in [4.78, 5) is 33.8. The Morgan fingerprint density at radius 1 is 1.31 bits per heavy atom. The SMILES string of the molecule is N#Cc1ccccc1C(=O)N1C[C@H]2CC[C@@H](C1)N(Cc1cscn1)C2=O. The summed E-state index contributed by atoms with van der Waals surface area (Å²) in [6.07, 6.45) is 1.70. The molecule has 0 spiro atoms. The minimum absolute atomic E-state index is 0.00106. The summed E-state index contributed by atoms with van der Waals surface area (Å²) in [6.45, 7) is 1.42. The Morgan fingerprint density at radius 2 is 2.15 bits per heavy atom. The lowest BCUT2D eigenvalue weighted by atomic mass is 9.94. The summed E-state index contributed by atoms with van der Waals surface area (Å²) in [7, 11) is 0. The van der Waals surface area contributed by atoms with Crippen molar-refractivity contribution in [3.05, 3.63) is 52.0 Å². The van der Waals surface area contributed by atoms with E-state index < -0.39 is 0 Å². The molecule has 3 saturated heterocycles. The first-order valence-electron chi connectivity index (χ1n) is 8.63. The minimum Gasteiger partial charge on any atom is -0.336 e. The quantitative estimate of drug-likeness (QED) is 0.835. The number of rotatable bonds is 3. The topological polar surface area (TPSA) is 77.3 Å². The predicted octanol–water partition coefficient (Wildman–Crippen LogP) is 2.28. The summed E-state index contributed by atoms with van der Waals surface area (Å²) < 4.78 is 0. The van der Waals surface area contributed by atoms with Crippen molar-refractivity contribution >= 4 is 23.2 Å². The molecule has 3 aliphatic heterocycles. The number of nitriles is 1. The summed E-state index contributed by atoms with van der Waals surface area (Å²) in [5, 5.41) is 11.2. The van der Waals surface area contributed by atoms with Crippen molar-refractivity contribution in [3.8, 4) is 6.07 Å². The molecular weight excluding hydrogens is 348 g/mol. The van der Waals surface area contributed by atoms with Crippen molar-refractivity contribution in [3.63, 3.8) is 0 Å². The van der Waals surface area contributed by atoms with Crippen LogP contribution < -0.4 is 0 Å². The highest BCUT2D eigenvalue weighted by Gasteiger charge is 2.42. The monoisotopic (exact) mass is 366 g/mol. The number of carbonyl (C=O) groups excluding carboxylic acids is 2.